The molecular formula is C24H31FN2O3. The highest BCUT2D eigenvalue weighted by Gasteiger charge is 2.24. The molecule has 1 saturated heterocycles. The molecule has 0 spiro atoms. The van der Waals surface area contributed by atoms with Crippen LogP contribution in [0.25, 0.3) is 0 Å². The van der Waals surface area contributed by atoms with Gasteiger partial charge < -0.3 is 14.8 Å². The van der Waals surface area contributed by atoms with Crippen LogP contribution in [0.2, 0.25) is 0 Å². The minimum atomic E-state index is -0.269. The van der Waals surface area contributed by atoms with Gasteiger partial charge in [-0.25, -0.2) is 4.39 Å². The van der Waals surface area contributed by atoms with E-state index in [4.69, 9.17) is 9.47 Å². The van der Waals surface area contributed by atoms with E-state index in [1.165, 1.54) is 12.1 Å². The van der Waals surface area contributed by atoms with Gasteiger partial charge in [0.15, 0.2) is 6.61 Å². The second-order valence-corrected chi connectivity index (χ2v) is 8.55. The second kappa shape index (κ2) is 10.0. The van der Waals surface area contributed by atoms with Crippen molar-refractivity contribution in [2.24, 2.45) is 0 Å². The summed E-state index contributed by atoms with van der Waals surface area (Å²) in [6.07, 6.45) is 0. The molecule has 2 aromatic carbocycles. The topological polar surface area (TPSA) is 50.8 Å². The van der Waals surface area contributed by atoms with Crippen molar-refractivity contribution in [2.45, 2.75) is 32.2 Å². The Balaban J connectivity index is 1.61. The molecule has 1 N–H and O–H groups in total. The van der Waals surface area contributed by atoms with Crippen LogP contribution in [0.4, 0.5) is 4.39 Å². The van der Waals surface area contributed by atoms with Gasteiger partial charge in [-0.1, -0.05) is 51.1 Å². The summed E-state index contributed by atoms with van der Waals surface area (Å²) in [5.41, 5.74) is 1.96. The van der Waals surface area contributed by atoms with Crippen LogP contribution in [0.1, 0.15) is 37.9 Å². The van der Waals surface area contributed by atoms with Gasteiger partial charge in [-0.15, -0.1) is 0 Å². The van der Waals surface area contributed by atoms with E-state index in [0.29, 0.717) is 19.8 Å². The van der Waals surface area contributed by atoms with E-state index in [0.717, 1.165) is 30.0 Å². The summed E-state index contributed by atoms with van der Waals surface area (Å²) < 4.78 is 24.6. The van der Waals surface area contributed by atoms with E-state index < -0.39 is 0 Å². The van der Waals surface area contributed by atoms with Gasteiger partial charge in [0.1, 0.15) is 11.6 Å². The normalized spacial score (nSPS) is 16.1. The first-order valence-electron chi connectivity index (χ1n) is 10.4. The first-order chi connectivity index (χ1) is 14.3. The van der Waals surface area contributed by atoms with Crippen LogP contribution >= 0.6 is 0 Å². The summed E-state index contributed by atoms with van der Waals surface area (Å²) in [6.45, 7) is 9.57. The lowest BCUT2D eigenvalue weighted by Crippen LogP contribution is -2.44. The number of amides is 1. The molecule has 1 aliphatic rings. The summed E-state index contributed by atoms with van der Waals surface area (Å²) in [5.74, 6) is 0.275. The molecule has 1 fully saturated rings. The number of hydrogen-bond acceptors (Lipinski definition) is 4. The highest BCUT2D eigenvalue weighted by Crippen LogP contribution is 2.30. The van der Waals surface area contributed by atoms with Crippen LogP contribution in [0.5, 0.6) is 5.75 Å². The molecule has 30 heavy (non-hydrogen) atoms. The van der Waals surface area contributed by atoms with Crippen molar-refractivity contribution in [3.05, 3.63) is 65.5 Å². The maximum Gasteiger partial charge on any atom is 0.258 e. The number of nitrogens with zero attached hydrogens (tertiary/aromatic N) is 1. The number of rotatable bonds is 7. The van der Waals surface area contributed by atoms with Gasteiger partial charge in [0.2, 0.25) is 0 Å². The zero-order valence-corrected chi connectivity index (χ0v) is 18.0. The molecule has 1 aliphatic heterocycles. The van der Waals surface area contributed by atoms with Gasteiger partial charge in [-0.3, -0.25) is 9.69 Å². The fourth-order valence-corrected chi connectivity index (χ4v) is 3.65. The van der Waals surface area contributed by atoms with Crippen molar-refractivity contribution in [1.82, 2.24) is 10.2 Å². The van der Waals surface area contributed by atoms with Crippen molar-refractivity contribution < 1.29 is 18.7 Å². The minimum absolute atomic E-state index is 0.0414. The largest absolute Gasteiger partial charge is 0.483 e. The molecule has 0 aliphatic carbocycles. The number of para-hydroxylation sites is 1. The average Bonchev–Trinajstić information content (AvgIpc) is 2.74. The lowest BCUT2D eigenvalue weighted by Gasteiger charge is -2.35. The minimum Gasteiger partial charge on any atom is -0.483 e. The van der Waals surface area contributed by atoms with Crippen molar-refractivity contribution in [3.63, 3.8) is 0 Å². The third-order valence-electron chi connectivity index (χ3n) is 5.29. The number of halogens is 1. The fourth-order valence-electron chi connectivity index (χ4n) is 3.65. The lowest BCUT2D eigenvalue weighted by atomic mass is 9.86. The van der Waals surface area contributed by atoms with Gasteiger partial charge in [0.05, 0.1) is 19.3 Å². The number of carbonyl (C=O) groups excluding carboxylic acids is 1. The molecule has 0 bridgehead atoms. The first kappa shape index (κ1) is 22.2. The molecule has 1 amide bonds. The summed E-state index contributed by atoms with van der Waals surface area (Å²) >= 11 is 0. The van der Waals surface area contributed by atoms with Crippen LogP contribution < -0.4 is 10.1 Å². The maximum absolute atomic E-state index is 13.4. The third-order valence-corrected chi connectivity index (χ3v) is 5.29. The van der Waals surface area contributed by atoms with Gasteiger partial charge in [0.25, 0.3) is 5.91 Å². The number of benzene rings is 2. The van der Waals surface area contributed by atoms with E-state index in [9.17, 15) is 9.18 Å². The molecule has 1 heterocycles. The Labute approximate surface area is 178 Å². The Morgan fingerprint density at radius 2 is 1.80 bits per heavy atom. The summed E-state index contributed by atoms with van der Waals surface area (Å²) in [4.78, 5) is 14.8. The third kappa shape index (κ3) is 6.03. The number of ether oxygens (including phenoxy) is 2. The predicted molar refractivity (Wildman–Crippen MR) is 115 cm³/mol. The molecule has 5 nitrogen and oxygen atoms in total. The quantitative estimate of drug-likeness (QED) is 0.751. The van der Waals surface area contributed by atoms with Crippen LogP contribution in [-0.4, -0.2) is 50.3 Å². The fraction of sp³-hybridized carbons (Fsp3) is 0.458. The smallest absolute Gasteiger partial charge is 0.258 e. The Morgan fingerprint density at radius 3 is 2.47 bits per heavy atom. The SMILES string of the molecule is CC(C)(C)c1ccccc1OCC(=O)NCC(c1ccc(F)cc1)N1CCOCC1. The Morgan fingerprint density at radius 1 is 1.13 bits per heavy atom. The summed E-state index contributed by atoms with van der Waals surface area (Å²) in [5, 5.41) is 2.98. The molecule has 1 atom stereocenters. The summed E-state index contributed by atoms with van der Waals surface area (Å²) in [7, 11) is 0. The van der Waals surface area contributed by atoms with E-state index >= 15 is 0 Å². The molecule has 2 aromatic rings. The van der Waals surface area contributed by atoms with Crippen LogP contribution in [0.3, 0.4) is 0 Å². The van der Waals surface area contributed by atoms with Gasteiger partial charge >= 0.3 is 0 Å². The first-order valence-corrected chi connectivity index (χ1v) is 10.4. The molecule has 0 radical (unpaired) electrons. The summed E-state index contributed by atoms with van der Waals surface area (Å²) in [6, 6.07) is 14.2. The zero-order valence-electron chi connectivity index (χ0n) is 18.0. The standard InChI is InChI=1S/C24H31FN2O3/c1-24(2,3)20-6-4-5-7-22(20)30-17-23(28)26-16-21(27-12-14-29-15-13-27)18-8-10-19(25)11-9-18/h4-11,21H,12-17H2,1-3H3,(H,26,28). The molecule has 1 unspecified atom stereocenters. The molecule has 3 rings (SSSR count). The van der Waals surface area contributed by atoms with E-state index in [2.05, 4.69) is 31.0 Å². The van der Waals surface area contributed by atoms with Gasteiger partial charge in [-0.2, -0.15) is 0 Å². The highest BCUT2D eigenvalue weighted by atomic mass is 19.1. The van der Waals surface area contributed by atoms with E-state index in [1.807, 2.05) is 24.3 Å². The van der Waals surface area contributed by atoms with E-state index in [-0.39, 0.29) is 29.8 Å². The van der Waals surface area contributed by atoms with Crippen LogP contribution in [-0.2, 0) is 14.9 Å². The van der Waals surface area contributed by atoms with Crippen molar-refractivity contribution >= 4 is 5.91 Å². The maximum atomic E-state index is 13.4. The second-order valence-electron chi connectivity index (χ2n) is 8.55. The van der Waals surface area contributed by atoms with Crippen LogP contribution in [0, 0.1) is 5.82 Å². The Kier molecular flexibility index (Phi) is 7.45. The number of carbonyl (C=O) groups is 1. The number of nitrogens with one attached hydrogen (secondary N) is 1. The lowest BCUT2D eigenvalue weighted by molar-refractivity contribution is -0.123. The average molecular weight is 415 g/mol. The molecule has 6 heteroatoms. The van der Waals surface area contributed by atoms with E-state index in [1.54, 1.807) is 12.1 Å². The highest BCUT2D eigenvalue weighted by molar-refractivity contribution is 5.77. The zero-order chi connectivity index (χ0) is 21.6. The van der Waals surface area contributed by atoms with Gasteiger partial charge in [0, 0.05) is 19.6 Å². The van der Waals surface area contributed by atoms with Crippen molar-refractivity contribution in [3.8, 4) is 5.75 Å². The molecule has 0 saturated carbocycles. The molecular weight excluding hydrogens is 383 g/mol. The Bertz CT molecular complexity index is 827. The monoisotopic (exact) mass is 414 g/mol. The van der Waals surface area contributed by atoms with Crippen molar-refractivity contribution in [1.29, 1.82) is 0 Å². The Hall–Kier alpha value is -2.44. The molecule has 0 aromatic heterocycles. The number of morpholine rings is 1. The predicted octanol–water partition coefficient (Wildman–Crippen LogP) is 3.69. The number of hydrogen-bond donors (Lipinski definition) is 1. The molecule has 162 valence electrons. The van der Waals surface area contributed by atoms with Crippen LogP contribution in [0.15, 0.2) is 48.5 Å². The van der Waals surface area contributed by atoms with Gasteiger partial charge in [-0.05, 0) is 34.7 Å². The van der Waals surface area contributed by atoms with Crippen molar-refractivity contribution in [2.75, 3.05) is 39.5 Å².